The monoisotopic (exact) mass is 269 g/mol. The predicted molar refractivity (Wildman–Crippen MR) is 70.2 cm³/mol. The highest BCUT2D eigenvalue weighted by molar-refractivity contribution is 6.01. The van der Waals surface area contributed by atoms with Gasteiger partial charge in [-0.1, -0.05) is 20.3 Å². The third kappa shape index (κ3) is 5.41. The maximum Gasteiger partial charge on any atom is 0.305 e. The summed E-state index contributed by atoms with van der Waals surface area (Å²) in [5.74, 6) is 0.0558. The van der Waals surface area contributed by atoms with Crippen LogP contribution in [0.25, 0.3) is 0 Å². The highest BCUT2D eigenvalue weighted by Gasteiger charge is 2.28. The van der Waals surface area contributed by atoms with Crippen LogP contribution in [0.15, 0.2) is 0 Å². The van der Waals surface area contributed by atoms with Gasteiger partial charge in [-0.25, -0.2) is 0 Å². The number of hydrogen-bond acceptors (Lipinski definition) is 4. The third-order valence-corrected chi connectivity index (χ3v) is 3.49. The molecule has 108 valence electrons. The van der Waals surface area contributed by atoms with Gasteiger partial charge in [0.05, 0.1) is 6.61 Å². The van der Waals surface area contributed by atoms with Gasteiger partial charge in [0.2, 0.25) is 11.8 Å². The molecule has 19 heavy (non-hydrogen) atoms. The maximum atomic E-state index is 11.4. The zero-order valence-corrected chi connectivity index (χ0v) is 11.8. The quantitative estimate of drug-likeness (QED) is 0.498. The van der Waals surface area contributed by atoms with Crippen LogP contribution in [0.3, 0.4) is 0 Å². The Balaban J connectivity index is 2.10. The van der Waals surface area contributed by atoms with Crippen LogP contribution in [0.5, 0.6) is 0 Å². The number of imide groups is 1. The van der Waals surface area contributed by atoms with Crippen LogP contribution in [-0.2, 0) is 19.1 Å². The van der Waals surface area contributed by atoms with Gasteiger partial charge in [0.1, 0.15) is 0 Å². The number of carbonyl (C=O) groups is 3. The third-order valence-electron chi connectivity index (χ3n) is 3.49. The fourth-order valence-electron chi connectivity index (χ4n) is 1.90. The summed E-state index contributed by atoms with van der Waals surface area (Å²) in [7, 11) is 0. The summed E-state index contributed by atoms with van der Waals surface area (Å²) in [5.41, 5.74) is 0. The van der Waals surface area contributed by atoms with E-state index in [0.717, 1.165) is 12.8 Å². The Morgan fingerprint density at radius 2 is 1.95 bits per heavy atom. The molecule has 0 aromatic rings. The fourth-order valence-corrected chi connectivity index (χ4v) is 1.90. The second-order valence-electron chi connectivity index (χ2n) is 5.07. The van der Waals surface area contributed by atoms with Crippen molar-refractivity contribution in [3.05, 3.63) is 0 Å². The van der Waals surface area contributed by atoms with Crippen LogP contribution in [0, 0.1) is 5.92 Å². The van der Waals surface area contributed by atoms with Crippen LogP contribution >= 0.6 is 0 Å². The number of esters is 1. The number of ether oxygens (including phenoxy) is 1. The molecule has 1 rings (SSSR count). The normalized spacial score (nSPS) is 16.8. The van der Waals surface area contributed by atoms with E-state index in [1.165, 1.54) is 4.90 Å². The molecule has 5 heteroatoms. The molecule has 1 aliphatic rings. The van der Waals surface area contributed by atoms with Crippen molar-refractivity contribution in [2.24, 2.45) is 5.92 Å². The lowest BCUT2D eigenvalue weighted by atomic mass is 10.1. The number of hydrogen-bond donors (Lipinski definition) is 0. The summed E-state index contributed by atoms with van der Waals surface area (Å²) >= 11 is 0. The van der Waals surface area contributed by atoms with Crippen LogP contribution in [0.4, 0.5) is 0 Å². The van der Waals surface area contributed by atoms with Gasteiger partial charge in [0, 0.05) is 25.8 Å². The molecule has 0 saturated carbocycles. The van der Waals surface area contributed by atoms with E-state index in [-0.39, 0.29) is 24.2 Å². The molecule has 1 heterocycles. The molecule has 2 amide bonds. The van der Waals surface area contributed by atoms with E-state index >= 15 is 0 Å². The molecule has 1 atom stereocenters. The molecular weight excluding hydrogens is 246 g/mol. The Hall–Kier alpha value is -1.39. The number of nitrogens with zero attached hydrogens (tertiary/aromatic N) is 1. The lowest BCUT2D eigenvalue weighted by Gasteiger charge is -2.13. The molecule has 0 bridgehead atoms. The molecule has 0 N–H and O–H groups in total. The van der Waals surface area contributed by atoms with Crippen molar-refractivity contribution in [1.82, 2.24) is 4.90 Å². The van der Waals surface area contributed by atoms with Gasteiger partial charge >= 0.3 is 5.97 Å². The second kappa shape index (κ2) is 7.92. The highest BCUT2D eigenvalue weighted by Crippen LogP contribution is 2.12. The van der Waals surface area contributed by atoms with Crippen LogP contribution in [0.2, 0.25) is 0 Å². The summed E-state index contributed by atoms with van der Waals surface area (Å²) in [5, 5.41) is 0. The Morgan fingerprint density at radius 1 is 1.32 bits per heavy atom. The predicted octanol–water partition coefficient (Wildman–Crippen LogP) is 1.90. The SMILES string of the molecule is CCC(C)CCOC(=O)CCCN1C(=O)CCC1=O. The van der Waals surface area contributed by atoms with E-state index in [1.807, 2.05) is 0 Å². The fraction of sp³-hybridized carbons (Fsp3) is 0.786. The average molecular weight is 269 g/mol. The molecular formula is C14H23NO4. The smallest absolute Gasteiger partial charge is 0.305 e. The zero-order chi connectivity index (χ0) is 14.3. The van der Waals surface area contributed by atoms with Crippen molar-refractivity contribution in [3.63, 3.8) is 0 Å². The maximum absolute atomic E-state index is 11.4. The molecule has 1 aliphatic heterocycles. The standard InChI is InChI=1S/C14H23NO4/c1-3-11(2)8-10-19-14(18)5-4-9-15-12(16)6-7-13(15)17/h11H,3-10H2,1-2H3. The average Bonchev–Trinajstić information content (AvgIpc) is 2.70. The highest BCUT2D eigenvalue weighted by atomic mass is 16.5. The lowest BCUT2D eigenvalue weighted by molar-refractivity contribution is -0.145. The first-order valence-electron chi connectivity index (χ1n) is 7.03. The largest absolute Gasteiger partial charge is 0.466 e. The summed E-state index contributed by atoms with van der Waals surface area (Å²) in [6.45, 7) is 5.02. The first-order chi connectivity index (χ1) is 9.04. The Bertz CT molecular complexity index is 324. The molecule has 0 radical (unpaired) electrons. The van der Waals surface area contributed by atoms with Gasteiger partial charge in [-0.15, -0.1) is 0 Å². The Kier molecular flexibility index (Phi) is 6.53. The van der Waals surface area contributed by atoms with Crippen molar-refractivity contribution >= 4 is 17.8 Å². The van der Waals surface area contributed by atoms with Crippen LogP contribution in [-0.4, -0.2) is 35.8 Å². The minimum atomic E-state index is -0.248. The Morgan fingerprint density at radius 3 is 2.53 bits per heavy atom. The van der Waals surface area contributed by atoms with Crippen LogP contribution in [0.1, 0.15) is 52.4 Å². The van der Waals surface area contributed by atoms with E-state index in [4.69, 9.17) is 4.74 Å². The summed E-state index contributed by atoms with van der Waals surface area (Å²) in [6.07, 6.45) is 3.32. The van der Waals surface area contributed by atoms with E-state index < -0.39 is 0 Å². The Labute approximate surface area is 114 Å². The van der Waals surface area contributed by atoms with Crippen LogP contribution < -0.4 is 0 Å². The molecule has 1 unspecified atom stereocenters. The molecule has 0 aromatic carbocycles. The molecule has 5 nitrogen and oxygen atoms in total. The van der Waals surface area contributed by atoms with E-state index in [9.17, 15) is 14.4 Å². The molecule has 1 fully saturated rings. The van der Waals surface area contributed by atoms with Crippen molar-refractivity contribution in [1.29, 1.82) is 0 Å². The van der Waals surface area contributed by atoms with E-state index in [1.54, 1.807) is 0 Å². The number of carbonyl (C=O) groups excluding carboxylic acids is 3. The topological polar surface area (TPSA) is 63.7 Å². The van der Waals surface area contributed by atoms with Gasteiger partial charge in [0.25, 0.3) is 0 Å². The molecule has 0 aliphatic carbocycles. The second-order valence-corrected chi connectivity index (χ2v) is 5.07. The minimum Gasteiger partial charge on any atom is -0.466 e. The minimum absolute atomic E-state index is 0.130. The van der Waals surface area contributed by atoms with Gasteiger partial charge < -0.3 is 4.74 Å². The first kappa shape index (κ1) is 15.7. The van der Waals surface area contributed by atoms with Crippen molar-refractivity contribution in [3.8, 4) is 0 Å². The van der Waals surface area contributed by atoms with Crippen molar-refractivity contribution < 1.29 is 19.1 Å². The van der Waals surface area contributed by atoms with Gasteiger partial charge in [-0.2, -0.15) is 0 Å². The van der Waals surface area contributed by atoms with Crippen molar-refractivity contribution in [2.45, 2.75) is 52.4 Å². The molecule has 0 spiro atoms. The number of amides is 2. The number of rotatable bonds is 8. The zero-order valence-electron chi connectivity index (χ0n) is 11.8. The van der Waals surface area contributed by atoms with E-state index in [2.05, 4.69) is 13.8 Å². The summed E-state index contributed by atoms with van der Waals surface area (Å²) < 4.78 is 5.11. The van der Waals surface area contributed by atoms with E-state index in [0.29, 0.717) is 38.3 Å². The molecule has 0 aromatic heterocycles. The number of likely N-dealkylation sites (tertiary alicyclic amines) is 1. The first-order valence-corrected chi connectivity index (χ1v) is 7.03. The summed E-state index contributed by atoms with van der Waals surface area (Å²) in [6, 6.07) is 0. The van der Waals surface area contributed by atoms with Gasteiger partial charge in [0.15, 0.2) is 0 Å². The van der Waals surface area contributed by atoms with Crippen molar-refractivity contribution in [2.75, 3.05) is 13.2 Å². The summed E-state index contributed by atoms with van der Waals surface area (Å²) in [4.78, 5) is 35.3. The van der Waals surface area contributed by atoms with Gasteiger partial charge in [-0.3, -0.25) is 19.3 Å². The lowest BCUT2D eigenvalue weighted by Crippen LogP contribution is -2.30. The molecule has 1 saturated heterocycles. The van der Waals surface area contributed by atoms with Gasteiger partial charge in [-0.05, 0) is 18.8 Å².